The Bertz CT molecular complexity index is 624. The Balaban J connectivity index is 1.77. The number of hydrogen-bond acceptors (Lipinski definition) is 3. The van der Waals surface area contributed by atoms with Crippen molar-refractivity contribution in [3.05, 3.63) is 47.1 Å². The van der Waals surface area contributed by atoms with Crippen molar-refractivity contribution in [1.29, 1.82) is 0 Å². The SMILES string of the molecule is CN(C)CCCNC(=S)Nc1ccn(Cc2ccc(Cl)cc2)n1. The van der Waals surface area contributed by atoms with Crippen LogP contribution in [0.4, 0.5) is 5.82 Å². The van der Waals surface area contributed by atoms with Crippen molar-refractivity contribution in [3.63, 3.8) is 0 Å². The van der Waals surface area contributed by atoms with Gasteiger partial charge < -0.3 is 15.5 Å². The maximum atomic E-state index is 5.89. The molecule has 2 rings (SSSR count). The highest BCUT2D eigenvalue weighted by Crippen LogP contribution is 2.11. The molecule has 0 saturated heterocycles. The predicted molar refractivity (Wildman–Crippen MR) is 100 cm³/mol. The summed E-state index contributed by atoms with van der Waals surface area (Å²) in [7, 11) is 4.12. The molecule has 0 bridgehead atoms. The Morgan fingerprint density at radius 3 is 2.70 bits per heavy atom. The second-order valence-electron chi connectivity index (χ2n) is 5.56. The number of rotatable bonds is 7. The summed E-state index contributed by atoms with van der Waals surface area (Å²) in [5, 5.41) is 12.1. The van der Waals surface area contributed by atoms with E-state index in [1.54, 1.807) is 0 Å². The van der Waals surface area contributed by atoms with Gasteiger partial charge in [-0.2, -0.15) is 5.10 Å². The molecule has 0 aliphatic carbocycles. The van der Waals surface area contributed by atoms with Crippen LogP contribution in [0.1, 0.15) is 12.0 Å². The first-order valence-corrected chi connectivity index (χ1v) is 8.29. The van der Waals surface area contributed by atoms with E-state index in [2.05, 4.69) is 34.7 Å². The Morgan fingerprint density at radius 1 is 1.26 bits per heavy atom. The van der Waals surface area contributed by atoms with Gasteiger partial charge in [0.15, 0.2) is 10.9 Å². The quantitative estimate of drug-likeness (QED) is 0.593. The van der Waals surface area contributed by atoms with Crippen molar-refractivity contribution < 1.29 is 0 Å². The zero-order valence-corrected chi connectivity index (χ0v) is 15.0. The maximum absolute atomic E-state index is 5.89. The van der Waals surface area contributed by atoms with Crippen molar-refractivity contribution in [2.24, 2.45) is 0 Å². The van der Waals surface area contributed by atoms with E-state index < -0.39 is 0 Å². The van der Waals surface area contributed by atoms with Crippen molar-refractivity contribution in [2.45, 2.75) is 13.0 Å². The summed E-state index contributed by atoms with van der Waals surface area (Å²) < 4.78 is 1.86. The second-order valence-corrected chi connectivity index (χ2v) is 6.41. The number of hydrogen-bond donors (Lipinski definition) is 2. The van der Waals surface area contributed by atoms with Crippen molar-refractivity contribution in [2.75, 3.05) is 32.5 Å². The van der Waals surface area contributed by atoms with E-state index in [4.69, 9.17) is 23.8 Å². The lowest BCUT2D eigenvalue weighted by atomic mass is 10.2. The molecule has 2 N–H and O–H groups in total. The van der Waals surface area contributed by atoms with Crippen LogP contribution in [0.25, 0.3) is 0 Å². The Hall–Kier alpha value is -1.63. The predicted octanol–water partition coefficient (Wildman–Crippen LogP) is 2.82. The van der Waals surface area contributed by atoms with Crippen LogP contribution in [0.2, 0.25) is 5.02 Å². The fourth-order valence-electron chi connectivity index (χ4n) is 2.05. The molecule has 0 saturated carbocycles. The lowest BCUT2D eigenvalue weighted by Gasteiger charge is -2.11. The number of anilines is 1. The molecule has 2 aromatic rings. The van der Waals surface area contributed by atoms with Crippen LogP contribution < -0.4 is 10.6 Å². The van der Waals surface area contributed by atoms with Crippen molar-refractivity contribution >= 4 is 34.7 Å². The number of halogens is 1. The highest BCUT2D eigenvalue weighted by Gasteiger charge is 2.02. The zero-order chi connectivity index (χ0) is 16.7. The molecule has 0 aliphatic heterocycles. The molecule has 0 spiro atoms. The van der Waals surface area contributed by atoms with Crippen LogP contribution in [0.5, 0.6) is 0 Å². The van der Waals surface area contributed by atoms with Crippen LogP contribution in [0.3, 0.4) is 0 Å². The van der Waals surface area contributed by atoms with E-state index in [9.17, 15) is 0 Å². The van der Waals surface area contributed by atoms with Gasteiger partial charge in [0.05, 0.1) is 6.54 Å². The number of nitrogens with zero attached hydrogens (tertiary/aromatic N) is 3. The van der Waals surface area contributed by atoms with Gasteiger partial charge in [0.25, 0.3) is 0 Å². The van der Waals surface area contributed by atoms with Crippen LogP contribution >= 0.6 is 23.8 Å². The molecule has 1 aromatic heterocycles. The lowest BCUT2D eigenvalue weighted by Crippen LogP contribution is -2.31. The largest absolute Gasteiger partial charge is 0.362 e. The summed E-state index contributed by atoms with van der Waals surface area (Å²) in [5.41, 5.74) is 1.15. The van der Waals surface area contributed by atoms with Crippen LogP contribution in [0.15, 0.2) is 36.5 Å². The van der Waals surface area contributed by atoms with E-state index >= 15 is 0 Å². The molecule has 0 atom stereocenters. The first-order chi connectivity index (χ1) is 11.0. The molecular formula is C16H22ClN5S. The second kappa shape index (κ2) is 8.86. The molecule has 124 valence electrons. The molecule has 1 heterocycles. The number of thiocarbonyl (C=S) groups is 1. The minimum Gasteiger partial charge on any atom is -0.362 e. The highest BCUT2D eigenvalue weighted by atomic mass is 35.5. The number of benzene rings is 1. The number of aromatic nitrogens is 2. The molecule has 1 aromatic carbocycles. The minimum absolute atomic E-state index is 0.598. The molecule has 0 unspecified atom stereocenters. The zero-order valence-electron chi connectivity index (χ0n) is 13.4. The molecule has 0 amide bonds. The van der Waals surface area contributed by atoms with Crippen LogP contribution in [-0.2, 0) is 6.54 Å². The van der Waals surface area contributed by atoms with Gasteiger partial charge in [0.1, 0.15) is 0 Å². The molecule has 5 nitrogen and oxygen atoms in total. The van der Waals surface area contributed by atoms with E-state index in [0.717, 1.165) is 35.9 Å². The van der Waals surface area contributed by atoms with E-state index in [1.807, 2.05) is 41.2 Å². The Morgan fingerprint density at radius 2 is 2.00 bits per heavy atom. The first kappa shape index (κ1) is 17.7. The van der Waals surface area contributed by atoms with E-state index in [-0.39, 0.29) is 0 Å². The monoisotopic (exact) mass is 351 g/mol. The minimum atomic E-state index is 0.598. The summed E-state index contributed by atoms with van der Waals surface area (Å²) in [5.74, 6) is 0.740. The standard InChI is InChI=1S/C16H22ClN5S/c1-21(2)10-3-9-18-16(23)19-15-8-11-22(20-15)12-13-4-6-14(17)7-5-13/h4-8,11H,3,9-10,12H2,1-2H3,(H2,18,19,20,23). The topological polar surface area (TPSA) is 45.1 Å². The molecule has 0 radical (unpaired) electrons. The van der Waals surface area contributed by atoms with Crippen molar-refractivity contribution in [1.82, 2.24) is 20.0 Å². The third-order valence-electron chi connectivity index (χ3n) is 3.21. The fourth-order valence-corrected chi connectivity index (χ4v) is 2.38. The maximum Gasteiger partial charge on any atom is 0.171 e. The average molecular weight is 352 g/mol. The molecule has 0 fully saturated rings. The third-order valence-corrected chi connectivity index (χ3v) is 3.71. The first-order valence-electron chi connectivity index (χ1n) is 7.50. The van der Waals surface area contributed by atoms with E-state index in [0.29, 0.717) is 11.7 Å². The van der Waals surface area contributed by atoms with Gasteiger partial charge in [0, 0.05) is 23.8 Å². The van der Waals surface area contributed by atoms with Gasteiger partial charge in [-0.05, 0) is 57.0 Å². The third kappa shape index (κ3) is 6.56. The molecule has 23 heavy (non-hydrogen) atoms. The molecule has 0 aliphatic rings. The van der Waals surface area contributed by atoms with Gasteiger partial charge in [-0.3, -0.25) is 4.68 Å². The molecule has 7 heteroatoms. The fraction of sp³-hybridized carbons (Fsp3) is 0.375. The van der Waals surface area contributed by atoms with Crippen molar-refractivity contribution in [3.8, 4) is 0 Å². The Kier molecular flexibility index (Phi) is 6.83. The van der Waals surface area contributed by atoms with Gasteiger partial charge in [-0.15, -0.1) is 0 Å². The normalized spacial score (nSPS) is 10.8. The summed E-state index contributed by atoms with van der Waals surface area (Å²) in [4.78, 5) is 2.15. The van der Waals surface area contributed by atoms with Gasteiger partial charge in [0.2, 0.25) is 0 Å². The van der Waals surface area contributed by atoms with Crippen LogP contribution in [0, 0.1) is 0 Å². The van der Waals surface area contributed by atoms with E-state index in [1.165, 1.54) is 0 Å². The van der Waals surface area contributed by atoms with Gasteiger partial charge in [-0.1, -0.05) is 23.7 Å². The summed E-state index contributed by atoms with van der Waals surface area (Å²) in [6.07, 6.45) is 2.96. The molecular weight excluding hydrogens is 330 g/mol. The summed E-state index contributed by atoms with van der Waals surface area (Å²) in [6, 6.07) is 9.66. The smallest absolute Gasteiger partial charge is 0.171 e. The Labute approximate surface area is 147 Å². The average Bonchev–Trinajstić information content (AvgIpc) is 2.93. The lowest BCUT2D eigenvalue weighted by molar-refractivity contribution is 0.400. The number of nitrogens with one attached hydrogen (secondary N) is 2. The summed E-state index contributed by atoms with van der Waals surface area (Å²) in [6.45, 7) is 2.57. The van der Waals surface area contributed by atoms with Crippen LogP contribution in [-0.4, -0.2) is 47.0 Å². The van der Waals surface area contributed by atoms with Gasteiger partial charge >= 0.3 is 0 Å². The highest BCUT2D eigenvalue weighted by molar-refractivity contribution is 7.80. The van der Waals surface area contributed by atoms with Gasteiger partial charge in [-0.25, -0.2) is 0 Å². The summed E-state index contributed by atoms with van der Waals surface area (Å²) >= 11 is 11.2.